The lowest BCUT2D eigenvalue weighted by atomic mass is 10.3. The van der Waals surface area contributed by atoms with Crippen molar-refractivity contribution in [2.24, 2.45) is 14.1 Å². The third-order valence-electron chi connectivity index (χ3n) is 5.10. The molecule has 0 radical (unpaired) electrons. The van der Waals surface area contributed by atoms with Crippen LogP contribution in [0.4, 0.5) is 0 Å². The van der Waals surface area contributed by atoms with Gasteiger partial charge in [-0.1, -0.05) is 0 Å². The summed E-state index contributed by atoms with van der Waals surface area (Å²) in [5.74, 6) is 0.896. The van der Waals surface area contributed by atoms with Gasteiger partial charge in [-0.25, -0.2) is 9.78 Å². The van der Waals surface area contributed by atoms with Gasteiger partial charge in [0.05, 0.1) is 7.05 Å². The summed E-state index contributed by atoms with van der Waals surface area (Å²) in [6.45, 7) is 9.40. The van der Waals surface area contributed by atoms with E-state index in [2.05, 4.69) is 20.9 Å². The Morgan fingerprint density at radius 1 is 1.08 bits per heavy atom. The average molecular weight is 336 g/mol. The average Bonchev–Trinajstić information content (AvgIpc) is 2.92. The van der Waals surface area contributed by atoms with E-state index in [9.17, 15) is 9.59 Å². The van der Waals surface area contributed by atoms with Crippen LogP contribution in [0.1, 0.15) is 25.7 Å². The van der Waals surface area contributed by atoms with Gasteiger partial charge >= 0.3 is 5.69 Å². The molecule has 2 N–H and O–H groups in total. The summed E-state index contributed by atoms with van der Waals surface area (Å²) in [4.78, 5) is 32.6. The standard InChI is InChI=1S/C16H26N6O2/c1-11(2)22-12(10-21-8-6-18(3)7-9-21)17-14-13(22)15(23)20(5)16(24)19(14)4/h11H,6-10H2,1-5H3/p+2. The highest BCUT2D eigenvalue weighted by molar-refractivity contribution is 5.71. The quantitative estimate of drug-likeness (QED) is 0.625. The number of imidazole rings is 1. The molecule has 0 atom stereocenters. The van der Waals surface area contributed by atoms with Gasteiger partial charge in [0.25, 0.3) is 5.56 Å². The third kappa shape index (κ3) is 2.69. The Morgan fingerprint density at radius 2 is 1.71 bits per heavy atom. The molecule has 8 heteroatoms. The van der Waals surface area contributed by atoms with Crippen molar-refractivity contribution in [2.45, 2.75) is 26.4 Å². The maximum atomic E-state index is 12.7. The minimum absolute atomic E-state index is 0.118. The molecule has 0 spiro atoms. The molecule has 0 aliphatic carbocycles. The zero-order chi connectivity index (χ0) is 17.6. The summed E-state index contributed by atoms with van der Waals surface area (Å²) in [5, 5.41) is 0. The first-order valence-corrected chi connectivity index (χ1v) is 8.63. The molecule has 0 bridgehead atoms. The number of nitrogens with one attached hydrogen (secondary N) is 2. The molecule has 132 valence electrons. The molecule has 0 aromatic carbocycles. The minimum Gasteiger partial charge on any atom is -0.328 e. The highest BCUT2D eigenvalue weighted by atomic mass is 16.2. The summed E-state index contributed by atoms with van der Waals surface area (Å²) < 4.78 is 4.65. The molecule has 24 heavy (non-hydrogen) atoms. The van der Waals surface area contributed by atoms with Crippen LogP contribution in [0.5, 0.6) is 0 Å². The molecule has 2 aromatic heterocycles. The number of fused-ring (bicyclic) bond motifs is 1. The maximum absolute atomic E-state index is 12.7. The first kappa shape index (κ1) is 16.9. The summed E-state index contributed by atoms with van der Waals surface area (Å²) in [7, 11) is 5.42. The van der Waals surface area contributed by atoms with Crippen LogP contribution in [0.2, 0.25) is 0 Å². The van der Waals surface area contributed by atoms with Gasteiger partial charge < -0.3 is 14.4 Å². The maximum Gasteiger partial charge on any atom is 0.332 e. The Hall–Kier alpha value is -1.93. The zero-order valence-corrected chi connectivity index (χ0v) is 15.2. The predicted octanol–water partition coefficient (Wildman–Crippen LogP) is -3.07. The van der Waals surface area contributed by atoms with Gasteiger partial charge in [0.15, 0.2) is 17.0 Å². The number of aryl methyl sites for hydroxylation is 1. The number of quaternary nitrogens is 2. The summed E-state index contributed by atoms with van der Waals surface area (Å²) >= 11 is 0. The summed E-state index contributed by atoms with van der Waals surface area (Å²) in [6.07, 6.45) is 0. The van der Waals surface area contributed by atoms with Crippen molar-refractivity contribution in [3.8, 4) is 0 Å². The molecule has 0 unspecified atom stereocenters. The smallest absolute Gasteiger partial charge is 0.328 e. The topological polar surface area (TPSA) is 70.7 Å². The second-order valence-electron chi connectivity index (χ2n) is 7.25. The lowest BCUT2D eigenvalue weighted by Gasteiger charge is -2.27. The second-order valence-corrected chi connectivity index (χ2v) is 7.25. The molecule has 0 amide bonds. The van der Waals surface area contributed by atoms with Crippen LogP contribution in [-0.4, -0.2) is 51.9 Å². The van der Waals surface area contributed by atoms with Crippen molar-refractivity contribution in [3.05, 3.63) is 26.7 Å². The second kappa shape index (κ2) is 6.18. The van der Waals surface area contributed by atoms with Crippen LogP contribution >= 0.6 is 0 Å². The molecule has 1 aliphatic rings. The Labute approximate surface area is 140 Å². The predicted molar refractivity (Wildman–Crippen MR) is 91.6 cm³/mol. The minimum atomic E-state index is -0.331. The van der Waals surface area contributed by atoms with Crippen molar-refractivity contribution in [1.29, 1.82) is 0 Å². The Kier molecular flexibility index (Phi) is 4.35. The number of piperazine rings is 1. The number of hydrogen-bond acceptors (Lipinski definition) is 3. The SMILES string of the molecule is CC(C)n1c(C[NH+]2CC[NH+](C)CC2)nc2c1c(=O)n(C)c(=O)n2C. The monoisotopic (exact) mass is 336 g/mol. The highest BCUT2D eigenvalue weighted by Crippen LogP contribution is 2.16. The van der Waals surface area contributed by atoms with Gasteiger partial charge in [0.1, 0.15) is 32.7 Å². The van der Waals surface area contributed by atoms with E-state index in [1.54, 1.807) is 11.9 Å². The van der Waals surface area contributed by atoms with E-state index in [1.165, 1.54) is 21.1 Å². The first-order valence-electron chi connectivity index (χ1n) is 8.63. The molecule has 2 aromatic rings. The van der Waals surface area contributed by atoms with Crippen molar-refractivity contribution in [2.75, 3.05) is 33.2 Å². The summed E-state index contributed by atoms with van der Waals surface area (Å²) in [6, 6.07) is 0.118. The van der Waals surface area contributed by atoms with Crippen LogP contribution in [-0.2, 0) is 20.6 Å². The molecule has 3 heterocycles. The highest BCUT2D eigenvalue weighted by Gasteiger charge is 2.26. The molecule has 8 nitrogen and oxygen atoms in total. The molecular weight excluding hydrogens is 308 g/mol. The fourth-order valence-corrected chi connectivity index (χ4v) is 3.57. The molecule has 1 saturated heterocycles. The first-order chi connectivity index (χ1) is 11.3. The number of likely N-dealkylation sites (N-methyl/N-ethyl adjacent to an activating group) is 1. The Balaban J connectivity index is 2.13. The van der Waals surface area contributed by atoms with E-state index in [-0.39, 0.29) is 17.3 Å². The van der Waals surface area contributed by atoms with E-state index in [0.717, 1.165) is 38.5 Å². The molecule has 3 rings (SSSR count). The van der Waals surface area contributed by atoms with Gasteiger partial charge in [-0.15, -0.1) is 0 Å². The van der Waals surface area contributed by atoms with Gasteiger partial charge in [-0.2, -0.15) is 0 Å². The van der Waals surface area contributed by atoms with E-state index in [1.807, 2.05) is 4.57 Å². The lowest BCUT2D eigenvalue weighted by molar-refractivity contribution is -1.01. The normalized spacial score (nSPS) is 21.8. The van der Waals surface area contributed by atoms with Crippen LogP contribution in [0.3, 0.4) is 0 Å². The van der Waals surface area contributed by atoms with E-state index < -0.39 is 0 Å². The number of nitrogens with zero attached hydrogens (tertiary/aromatic N) is 4. The summed E-state index contributed by atoms with van der Waals surface area (Å²) in [5.41, 5.74) is 0.427. The van der Waals surface area contributed by atoms with Crippen molar-refractivity contribution in [3.63, 3.8) is 0 Å². The number of aromatic nitrogens is 4. The van der Waals surface area contributed by atoms with Gasteiger partial charge in [0, 0.05) is 20.1 Å². The van der Waals surface area contributed by atoms with Crippen molar-refractivity contribution >= 4 is 11.2 Å². The number of hydrogen-bond donors (Lipinski definition) is 2. The van der Waals surface area contributed by atoms with Crippen LogP contribution < -0.4 is 21.0 Å². The Morgan fingerprint density at radius 3 is 2.29 bits per heavy atom. The Bertz CT molecular complexity index is 867. The van der Waals surface area contributed by atoms with E-state index >= 15 is 0 Å². The zero-order valence-electron chi connectivity index (χ0n) is 15.2. The van der Waals surface area contributed by atoms with Crippen LogP contribution in [0, 0.1) is 0 Å². The van der Waals surface area contributed by atoms with Crippen molar-refractivity contribution < 1.29 is 9.80 Å². The largest absolute Gasteiger partial charge is 0.332 e. The lowest BCUT2D eigenvalue weighted by Crippen LogP contribution is -3.26. The van der Waals surface area contributed by atoms with Crippen LogP contribution in [0.25, 0.3) is 11.2 Å². The molecule has 0 saturated carbocycles. The van der Waals surface area contributed by atoms with Gasteiger partial charge in [0.2, 0.25) is 0 Å². The molecule has 1 aliphatic heterocycles. The van der Waals surface area contributed by atoms with E-state index in [0.29, 0.717) is 11.2 Å². The van der Waals surface area contributed by atoms with Crippen LogP contribution in [0.15, 0.2) is 9.59 Å². The van der Waals surface area contributed by atoms with Gasteiger partial charge in [-0.05, 0) is 13.8 Å². The van der Waals surface area contributed by atoms with E-state index in [4.69, 9.17) is 4.98 Å². The fourth-order valence-electron chi connectivity index (χ4n) is 3.57. The number of rotatable bonds is 3. The molecular formula is C16H28N6O2+2. The van der Waals surface area contributed by atoms with Gasteiger partial charge in [-0.3, -0.25) is 13.9 Å². The third-order valence-corrected chi connectivity index (χ3v) is 5.10. The van der Waals surface area contributed by atoms with Crippen molar-refractivity contribution in [1.82, 2.24) is 18.7 Å². The fraction of sp³-hybridized carbons (Fsp3) is 0.688. The molecule has 1 fully saturated rings.